The van der Waals surface area contributed by atoms with Gasteiger partial charge in [-0.25, -0.2) is 4.79 Å². The number of hydrogen-bond donors (Lipinski definition) is 1. The highest BCUT2D eigenvalue weighted by Crippen LogP contribution is 2.49. The molecular formula is C17H25NO3. The molecule has 2 atom stereocenters. The van der Waals surface area contributed by atoms with Crippen LogP contribution in [0.3, 0.4) is 0 Å². The van der Waals surface area contributed by atoms with E-state index in [1.54, 1.807) is 7.11 Å². The quantitative estimate of drug-likeness (QED) is 0.863. The molecule has 1 aromatic rings. The van der Waals surface area contributed by atoms with Gasteiger partial charge >= 0.3 is 5.97 Å². The van der Waals surface area contributed by atoms with E-state index in [1.165, 1.54) is 7.11 Å². The summed E-state index contributed by atoms with van der Waals surface area (Å²) in [4.78, 5) is 12.5. The van der Waals surface area contributed by atoms with Gasteiger partial charge < -0.3 is 14.8 Å². The summed E-state index contributed by atoms with van der Waals surface area (Å²) < 4.78 is 10.3. The summed E-state index contributed by atoms with van der Waals surface area (Å²) in [7, 11) is 3.10. The van der Waals surface area contributed by atoms with Crippen LogP contribution >= 0.6 is 0 Å². The summed E-state index contributed by atoms with van der Waals surface area (Å²) in [6.45, 7) is 6.51. The Kier molecular flexibility index (Phi) is 4.17. The normalized spacial score (nSPS) is 27.2. The smallest absolute Gasteiger partial charge is 0.331 e. The lowest BCUT2D eigenvalue weighted by Gasteiger charge is -2.33. The molecule has 0 saturated heterocycles. The molecule has 116 valence electrons. The molecule has 0 aromatic heterocycles. The predicted octanol–water partition coefficient (Wildman–Crippen LogP) is 3.48. The molecule has 1 fully saturated rings. The minimum atomic E-state index is -0.660. The van der Waals surface area contributed by atoms with E-state index in [0.717, 1.165) is 24.3 Å². The van der Waals surface area contributed by atoms with Gasteiger partial charge in [0.2, 0.25) is 0 Å². The number of anilines is 1. The van der Waals surface area contributed by atoms with E-state index in [9.17, 15) is 4.79 Å². The maximum absolute atomic E-state index is 12.5. The standard InChI is InChI=1S/C17H25NO3/c1-12-10-16(2,3)11-17(12,15(19)21-5)18-13-6-8-14(20-4)9-7-13/h6-9,12,18H,10-11H2,1-5H3. The Labute approximate surface area is 126 Å². The number of benzene rings is 1. The van der Waals surface area contributed by atoms with Crippen molar-refractivity contribution < 1.29 is 14.3 Å². The molecule has 1 N–H and O–H groups in total. The Bertz CT molecular complexity index is 509. The minimum Gasteiger partial charge on any atom is -0.497 e. The summed E-state index contributed by atoms with van der Waals surface area (Å²) in [5, 5.41) is 3.43. The van der Waals surface area contributed by atoms with E-state index in [2.05, 4.69) is 26.1 Å². The van der Waals surface area contributed by atoms with E-state index in [-0.39, 0.29) is 17.3 Å². The number of ether oxygens (including phenoxy) is 2. The highest BCUT2D eigenvalue weighted by atomic mass is 16.5. The zero-order valence-electron chi connectivity index (χ0n) is 13.5. The van der Waals surface area contributed by atoms with Gasteiger partial charge in [-0.05, 0) is 48.4 Å². The van der Waals surface area contributed by atoms with Gasteiger partial charge in [0.05, 0.1) is 14.2 Å². The van der Waals surface area contributed by atoms with E-state index in [4.69, 9.17) is 9.47 Å². The first kappa shape index (κ1) is 15.7. The fraction of sp³-hybridized carbons (Fsp3) is 0.588. The molecule has 1 aromatic carbocycles. The van der Waals surface area contributed by atoms with Crippen LogP contribution in [0.25, 0.3) is 0 Å². The fourth-order valence-corrected chi connectivity index (χ4v) is 3.61. The van der Waals surface area contributed by atoms with Gasteiger partial charge in [-0.1, -0.05) is 20.8 Å². The SMILES string of the molecule is COC(=O)C1(Nc2ccc(OC)cc2)CC(C)(C)CC1C. The van der Waals surface area contributed by atoms with Crippen molar-refractivity contribution in [3.63, 3.8) is 0 Å². The van der Waals surface area contributed by atoms with Crippen LogP contribution in [-0.2, 0) is 9.53 Å². The molecular weight excluding hydrogens is 266 g/mol. The van der Waals surface area contributed by atoms with E-state index in [1.807, 2.05) is 24.3 Å². The Morgan fingerprint density at radius 1 is 1.24 bits per heavy atom. The molecule has 0 bridgehead atoms. The number of rotatable bonds is 4. The number of nitrogens with one attached hydrogen (secondary N) is 1. The third-order valence-corrected chi connectivity index (χ3v) is 4.46. The lowest BCUT2D eigenvalue weighted by atomic mass is 9.86. The second kappa shape index (κ2) is 5.58. The number of esters is 1. The van der Waals surface area contributed by atoms with E-state index >= 15 is 0 Å². The second-order valence-electron chi connectivity index (χ2n) is 6.76. The van der Waals surface area contributed by atoms with Gasteiger partial charge in [0.15, 0.2) is 0 Å². The number of methoxy groups -OCH3 is 2. The molecule has 1 saturated carbocycles. The number of hydrogen-bond acceptors (Lipinski definition) is 4. The van der Waals surface area contributed by atoms with Crippen LogP contribution < -0.4 is 10.1 Å². The molecule has 1 aliphatic rings. The first-order valence-electron chi connectivity index (χ1n) is 7.34. The zero-order valence-corrected chi connectivity index (χ0v) is 13.5. The first-order chi connectivity index (χ1) is 9.83. The average molecular weight is 291 g/mol. The molecule has 2 rings (SSSR count). The molecule has 0 aliphatic heterocycles. The fourth-order valence-electron chi connectivity index (χ4n) is 3.61. The van der Waals surface area contributed by atoms with Crippen LogP contribution in [0.1, 0.15) is 33.6 Å². The Morgan fingerprint density at radius 2 is 1.86 bits per heavy atom. The molecule has 0 heterocycles. The summed E-state index contributed by atoms with van der Waals surface area (Å²) in [6.07, 6.45) is 1.76. The second-order valence-corrected chi connectivity index (χ2v) is 6.76. The Hall–Kier alpha value is -1.71. The van der Waals surface area contributed by atoms with E-state index < -0.39 is 5.54 Å². The maximum Gasteiger partial charge on any atom is 0.331 e. The lowest BCUT2D eigenvalue weighted by molar-refractivity contribution is -0.147. The molecule has 0 spiro atoms. The van der Waals surface area contributed by atoms with Crippen molar-refractivity contribution in [1.29, 1.82) is 0 Å². The molecule has 21 heavy (non-hydrogen) atoms. The zero-order chi connectivity index (χ0) is 15.7. The largest absolute Gasteiger partial charge is 0.497 e. The van der Waals surface area contributed by atoms with Gasteiger partial charge in [0, 0.05) is 5.69 Å². The number of carbonyl (C=O) groups is 1. The van der Waals surface area contributed by atoms with Crippen molar-refractivity contribution in [2.45, 2.75) is 39.2 Å². The monoisotopic (exact) mass is 291 g/mol. The third kappa shape index (κ3) is 2.99. The van der Waals surface area contributed by atoms with Crippen LogP contribution in [-0.4, -0.2) is 25.7 Å². The molecule has 4 nitrogen and oxygen atoms in total. The predicted molar refractivity (Wildman–Crippen MR) is 83.5 cm³/mol. The number of carbonyl (C=O) groups excluding carboxylic acids is 1. The van der Waals surface area contributed by atoms with Gasteiger partial charge in [-0.2, -0.15) is 0 Å². The van der Waals surface area contributed by atoms with Crippen molar-refractivity contribution >= 4 is 11.7 Å². The Morgan fingerprint density at radius 3 is 2.29 bits per heavy atom. The first-order valence-corrected chi connectivity index (χ1v) is 7.34. The van der Waals surface area contributed by atoms with Crippen LogP contribution in [0, 0.1) is 11.3 Å². The van der Waals surface area contributed by atoms with Gasteiger partial charge in [0.25, 0.3) is 0 Å². The molecule has 0 radical (unpaired) electrons. The highest BCUT2D eigenvalue weighted by Gasteiger charge is 2.54. The van der Waals surface area contributed by atoms with Gasteiger partial charge in [-0.3, -0.25) is 0 Å². The molecule has 1 aliphatic carbocycles. The van der Waals surface area contributed by atoms with Crippen molar-refractivity contribution in [3.8, 4) is 5.75 Å². The molecule has 0 amide bonds. The Balaban J connectivity index is 2.31. The van der Waals surface area contributed by atoms with Crippen LogP contribution in [0.15, 0.2) is 24.3 Å². The van der Waals surface area contributed by atoms with Crippen LogP contribution in [0.5, 0.6) is 5.75 Å². The van der Waals surface area contributed by atoms with Crippen molar-refractivity contribution in [3.05, 3.63) is 24.3 Å². The molecule has 2 unspecified atom stereocenters. The van der Waals surface area contributed by atoms with Crippen molar-refractivity contribution in [2.24, 2.45) is 11.3 Å². The summed E-state index contributed by atoms with van der Waals surface area (Å²) in [5.74, 6) is 0.825. The average Bonchev–Trinajstić information content (AvgIpc) is 2.68. The third-order valence-electron chi connectivity index (χ3n) is 4.46. The highest BCUT2D eigenvalue weighted by molar-refractivity contribution is 5.85. The van der Waals surface area contributed by atoms with E-state index in [0.29, 0.717) is 0 Å². The summed E-state index contributed by atoms with van der Waals surface area (Å²) >= 11 is 0. The van der Waals surface area contributed by atoms with Crippen molar-refractivity contribution in [1.82, 2.24) is 0 Å². The van der Waals surface area contributed by atoms with Crippen molar-refractivity contribution in [2.75, 3.05) is 19.5 Å². The topological polar surface area (TPSA) is 47.6 Å². The summed E-state index contributed by atoms with van der Waals surface area (Å²) in [6, 6.07) is 7.64. The lowest BCUT2D eigenvalue weighted by Crippen LogP contribution is -2.49. The van der Waals surface area contributed by atoms with Gasteiger partial charge in [0.1, 0.15) is 11.3 Å². The molecule has 4 heteroatoms. The van der Waals surface area contributed by atoms with Crippen LogP contribution in [0.4, 0.5) is 5.69 Å². The minimum absolute atomic E-state index is 0.118. The maximum atomic E-state index is 12.5. The van der Waals surface area contributed by atoms with Gasteiger partial charge in [-0.15, -0.1) is 0 Å². The summed E-state index contributed by atoms with van der Waals surface area (Å²) in [5.41, 5.74) is 0.366. The van der Waals surface area contributed by atoms with Crippen LogP contribution in [0.2, 0.25) is 0 Å².